The highest BCUT2D eigenvalue weighted by Crippen LogP contribution is 2.29. The van der Waals surface area contributed by atoms with Crippen LogP contribution in [0.3, 0.4) is 0 Å². The lowest BCUT2D eigenvalue weighted by Crippen LogP contribution is -2.24. The van der Waals surface area contributed by atoms with Crippen LogP contribution in [-0.2, 0) is 10.0 Å². The molecule has 0 aliphatic heterocycles. The van der Waals surface area contributed by atoms with E-state index in [1.165, 1.54) is 6.42 Å². The first-order valence-electron chi connectivity index (χ1n) is 6.70. The van der Waals surface area contributed by atoms with E-state index in [4.69, 9.17) is 23.2 Å². The molecule has 1 fully saturated rings. The second-order valence-corrected chi connectivity index (χ2v) is 7.83. The molecule has 1 aromatic heterocycles. The number of nitrogens with one attached hydrogen (secondary N) is 1. The highest BCUT2D eigenvalue weighted by atomic mass is 35.5. The third-order valence-electron chi connectivity index (χ3n) is 3.58. The van der Waals surface area contributed by atoms with Crippen LogP contribution in [0.2, 0.25) is 10.3 Å². The lowest BCUT2D eigenvalue weighted by Gasteiger charge is -2.22. The first-order valence-corrected chi connectivity index (χ1v) is 9.11. The number of halogens is 2. The van der Waals surface area contributed by atoms with E-state index in [1.54, 1.807) is 13.0 Å². The molecule has 112 valence electrons. The molecule has 1 N–H and O–H groups in total. The lowest BCUT2D eigenvalue weighted by atomic mass is 9.91. The van der Waals surface area contributed by atoms with Gasteiger partial charge in [-0.25, -0.2) is 13.4 Å². The molecule has 2 rings (SSSR count). The van der Waals surface area contributed by atoms with E-state index in [1.807, 2.05) is 0 Å². The molecule has 0 atom stereocenters. The van der Waals surface area contributed by atoms with Crippen LogP contribution in [0.15, 0.2) is 6.07 Å². The predicted octanol–water partition coefficient (Wildman–Crippen LogP) is 4.02. The summed E-state index contributed by atoms with van der Waals surface area (Å²) in [7, 11) is -3.41. The van der Waals surface area contributed by atoms with Gasteiger partial charge in [0.15, 0.2) is 5.15 Å². The number of rotatable bonds is 4. The number of sulfonamides is 1. The van der Waals surface area contributed by atoms with Gasteiger partial charge in [0, 0.05) is 0 Å². The summed E-state index contributed by atoms with van der Waals surface area (Å²) in [5.74, 6) is 0.381. The maximum Gasteiger partial charge on any atom is 0.233 e. The fourth-order valence-electron chi connectivity index (χ4n) is 2.58. The van der Waals surface area contributed by atoms with Gasteiger partial charge < -0.3 is 0 Å². The molecule has 20 heavy (non-hydrogen) atoms. The minimum absolute atomic E-state index is 0.0854. The summed E-state index contributed by atoms with van der Waals surface area (Å²) in [5, 5.41) is 0.338. The molecule has 0 amide bonds. The molecule has 1 aromatic rings. The van der Waals surface area contributed by atoms with Gasteiger partial charge in [0.05, 0.1) is 11.4 Å². The van der Waals surface area contributed by atoms with Crippen molar-refractivity contribution < 1.29 is 8.42 Å². The molecule has 0 saturated heterocycles. The van der Waals surface area contributed by atoms with E-state index < -0.39 is 10.0 Å². The molecular weight excluding hydrogens is 319 g/mol. The van der Waals surface area contributed by atoms with Gasteiger partial charge in [0.1, 0.15) is 5.15 Å². The molecule has 0 spiro atoms. The minimum Gasteiger partial charge on any atom is -0.280 e. The third kappa shape index (κ3) is 4.24. The maximum atomic E-state index is 12.2. The Morgan fingerprint density at radius 1 is 1.30 bits per heavy atom. The second kappa shape index (κ2) is 6.50. The van der Waals surface area contributed by atoms with Gasteiger partial charge in [0.25, 0.3) is 0 Å². The monoisotopic (exact) mass is 336 g/mol. The topological polar surface area (TPSA) is 59.1 Å². The molecular formula is C13H18Cl2N2O2S. The van der Waals surface area contributed by atoms with Gasteiger partial charge in [-0.1, -0.05) is 42.5 Å². The summed E-state index contributed by atoms with van der Waals surface area (Å²) in [4.78, 5) is 3.87. The van der Waals surface area contributed by atoms with Crippen LogP contribution in [0.5, 0.6) is 0 Å². The number of pyridine rings is 1. The van der Waals surface area contributed by atoms with Crippen molar-refractivity contribution in [2.45, 2.75) is 39.0 Å². The number of hydrogen-bond donors (Lipinski definition) is 1. The van der Waals surface area contributed by atoms with E-state index in [2.05, 4.69) is 9.71 Å². The molecule has 1 saturated carbocycles. The Balaban J connectivity index is 2.11. The van der Waals surface area contributed by atoms with Crippen molar-refractivity contribution in [2.24, 2.45) is 5.92 Å². The Hall–Kier alpha value is -0.520. The Morgan fingerprint density at radius 2 is 1.95 bits per heavy atom. The smallest absolute Gasteiger partial charge is 0.233 e. The van der Waals surface area contributed by atoms with Crippen molar-refractivity contribution in [1.82, 2.24) is 4.98 Å². The minimum atomic E-state index is -3.41. The molecule has 4 nitrogen and oxygen atoms in total. The fraction of sp³-hybridized carbons (Fsp3) is 0.615. The average Bonchev–Trinajstić information content (AvgIpc) is 2.34. The van der Waals surface area contributed by atoms with E-state index in [0.717, 1.165) is 25.7 Å². The normalized spacial score (nSPS) is 17.1. The third-order valence-corrected chi connectivity index (χ3v) is 5.47. The number of nitrogens with zero attached hydrogens (tertiary/aromatic N) is 1. The van der Waals surface area contributed by atoms with Crippen molar-refractivity contribution in [3.8, 4) is 0 Å². The Labute approximate surface area is 129 Å². The summed E-state index contributed by atoms with van der Waals surface area (Å²) in [6.45, 7) is 1.75. The van der Waals surface area contributed by atoms with E-state index >= 15 is 0 Å². The molecule has 1 aliphatic rings. The highest BCUT2D eigenvalue weighted by molar-refractivity contribution is 7.92. The second-order valence-electron chi connectivity index (χ2n) is 5.32. The SMILES string of the molecule is Cc1cc(Cl)nc(Cl)c1NS(=O)(=O)CC1CCCCC1. The summed E-state index contributed by atoms with van der Waals surface area (Å²) in [5.41, 5.74) is 0.995. The number of aryl methyl sites for hydroxylation is 1. The summed E-state index contributed by atoms with van der Waals surface area (Å²) >= 11 is 11.7. The number of anilines is 1. The van der Waals surface area contributed by atoms with E-state index in [-0.39, 0.29) is 22.0 Å². The lowest BCUT2D eigenvalue weighted by molar-refractivity contribution is 0.385. The van der Waals surface area contributed by atoms with Gasteiger partial charge in [-0.2, -0.15) is 0 Å². The highest BCUT2D eigenvalue weighted by Gasteiger charge is 2.23. The zero-order valence-electron chi connectivity index (χ0n) is 11.3. The fourth-order valence-corrected chi connectivity index (χ4v) is 4.82. The molecule has 7 heteroatoms. The molecule has 1 heterocycles. The Morgan fingerprint density at radius 3 is 2.55 bits per heavy atom. The van der Waals surface area contributed by atoms with Crippen LogP contribution < -0.4 is 4.72 Å². The average molecular weight is 337 g/mol. The van der Waals surface area contributed by atoms with Crippen LogP contribution >= 0.6 is 23.2 Å². The standard InChI is InChI=1S/C13H18Cl2N2O2S/c1-9-7-11(14)16-13(15)12(9)17-20(18,19)8-10-5-3-2-4-6-10/h7,10,17H,2-6,8H2,1H3. The Kier molecular flexibility index (Phi) is 5.15. The maximum absolute atomic E-state index is 12.2. The van der Waals surface area contributed by atoms with E-state index in [9.17, 15) is 8.42 Å². The molecule has 0 bridgehead atoms. The van der Waals surface area contributed by atoms with Crippen LogP contribution in [0.1, 0.15) is 37.7 Å². The zero-order chi connectivity index (χ0) is 14.8. The molecule has 0 aromatic carbocycles. The molecule has 0 radical (unpaired) electrons. The number of aromatic nitrogens is 1. The predicted molar refractivity (Wildman–Crippen MR) is 83.0 cm³/mol. The number of hydrogen-bond acceptors (Lipinski definition) is 3. The van der Waals surface area contributed by atoms with Crippen LogP contribution in [0, 0.1) is 12.8 Å². The van der Waals surface area contributed by atoms with Crippen molar-refractivity contribution in [2.75, 3.05) is 10.5 Å². The van der Waals surface area contributed by atoms with Crippen molar-refractivity contribution in [3.05, 3.63) is 21.9 Å². The van der Waals surface area contributed by atoms with E-state index in [0.29, 0.717) is 11.3 Å². The van der Waals surface area contributed by atoms with Gasteiger partial charge in [-0.15, -0.1) is 0 Å². The molecule has 1 aliphatic carbocycles. The van der Waals surface area contributed by atoms with Crippen LogP contribution in [-0.4, -0.2) is 19.2 Å². The zero-order valence-corrected chi connectivity index (χ0v) is 13.7. The van der Waals surface area contributed by atoms with Gasteiger partial charge in [0.2, 0.25) is 10.0 Å². The van der Waals surface area contributed by atoms with Gasteiger partial charge >= 0.3 is 0 Å². The van der Waals surface area contributed by atoms with Gasteiger partial charge in [-0.3, -0.25) is 4.72 Å². The largest absolute Gasteiger partial charge is 0.280 e. The summed E-state index contributed by atoms with van der Waals surface area (Å²) in [6, 6.07) is 1.59. The van der Waals surface area contributed by atoms with Crippen molar-refractivity contribution >= 4 is 38.9 Å². The van der Waals surface area contributed by atoms with Crippen LogP contribution in [0.4, 0.5) is 5.69 Å². The first-order chi connectivity index (χ1) is 9.37. The quantitative estimate of drug-likeness (QED) is 0.844. The van der Waals surface area contributed by atoms with Crippen molar-refractivity contribution in [3.63, 3.8) is 0 Å². The summed E-state index contributed by atoms with van der Waals surface area (Å²) < 4.78 is 27.0. The van der Waals surface area contributed by atoms with Gasteiger partial charge in [-0.05, 0) is 37.3 Å². The van der Waals surface area contributed by atoms with Crippen LogP contribution in [0.25, 0.3) is 0 Å². The molecule has 0 unspecified atom stereocenters. The Bertz CT molecular complexity index is 561. The van der Waals surface area contributed by atoms with Crippen molar-refractivity contribution in [1.29, 1.82) is 0 Å². The summed E-state index contributed by atoms with van der Waals surface area (Å²) in [6.07, 6.45) is 5.39. The first kappa shape index (κ1) is 15.9.